The molecule has 0 spiro atoms. The Morgan fingerprint density at radius 2 is 2.28 bits per heavy atom. The molecule has 0 saturated carbocycles. The number of carbonyl (C=O) groups excluding carboxylic acids is 3. The SMILES string of the molecule is COC(=O)C1CN(C(=O)c2cccs2)CCC1=O. The van der Waals surface area contributed by atoms with Crippen LogP contribution in [0.4, 0.5) is 0 Å². The van der Waals surface area contributed by atoms with Gasteiger partial charge in [0.15, 0.2) is 5.78 Å². The summed E-state index contributed by atoms with van der Waals surface area (Å²) < 4.78 is 4.58. The molecule has 5 nitrogen and oxygen atoms in total. The Bertz CT molecular complexity index is 460. The first kappa shape index (κ1) is 12.8. The fraction of sp³-hybridized carbons (Fsp3) is 0.417. The number of ketones is 1. The number of nitrogens with zero attached hydrogens (tertiary/aromatic N) is 1. The van der Waals surface area contributed by atoms with Crippen LogP contribution in [0.5, 0.6) is 0 Å². The second-order valence-electron chi connectivity index (χ2n) is 4.02. The zero-order valence-electron chi connectivity index (χ0n) is 9.92. The monoisotopic (exact) mass is 267 g/mol. The minimum absolute atomic E-state index is 0.113. The Hall–Kier alpha value is -1.69. The van der Waals surface area contributed by atoms with E-state index >= 15 is 0 Å². The lowest BCUT2D eigenvalue weighted by Gasteiger charge is -2.30. The van der Waals surface area contributed by atoms with Crippen molar-refractivity contribution in [2.45, 2.75) is 6.42 Å². The molecular formula is C12H13NO4S. The minimum Gasteiger partial charge on any atom is -0.468 e. The highest BCUT2D eigenvalue weighted by atomic mass is 32.1. The lowest BCUT2D eigenvalue weighted by atomic mass is 9.96. The molecule has 1 saturated heterocycles. The summed E-state index contributed by atoms with van der Waals surface area (Å²) in [5.41, 5.74) is 0. The fourth-order valence-corrected chi connectivity index (χ4v) is 2.61. The number of thiophene rings is 1. The molecule has 18 heavy (non-hydrogen) atoms. The van der Waals surface area contributed by atoms with E-state index in [0.717, 1.165) is 0 Å². The van der Waals surface area contributed by atoms with Crippen LogP contribution in [0.25, 0.3) is 0 Å². The predicted octanol–water partition coefficient (Wildman–Crippen LogP) is 0.952. The number of Topliss-reactive ketones (excluding diaryl/α,β-unsaturated/α-hetero) is 1. The van der Waals surface area contributed by atoms with Crippen LogP contribution in [-0.2, 0) is 14.3 Å². The van der Waals surface area contributed by atoms with Gasteiger partial charge < -0.3 is 9.64 Å². The van der Waals surface area contributed by atoms with Crippen molar-refractivity contribution in [2.24, 2.45) is 5.92 Å². The van der Waals surface area contributed by atoms with Crippen LogP contribution in [0.3, 0.4) is 0 Å². The van der Waals surface area contributed by atoms with E-state index in [2.05, 4.69) is 4.74 Å². The van der Waals surface area contributed by atoms with Gasteiger partial charge in [-0.1, -0.05) is 6.07 Å². The topological polar surface area (TPSA) is 63.7 Å². The Morgan fingerprint density at radius 1 is 1.50 bits per heavy atom. The molecule has 1 atom stereocenters. The van der Waals surface area contributed by atoms with Gasteiger partial charge in [-0.3, -0.25) is 14.4 Å². The number of likely N-dealkylation sites (tertiary alicyclic amines) is 1. The van der Waals surface area contributed by atoms with E-state index in [0.29, 0.717) is 11.4 Å². The van der Waals surface area contributed by atoms with Gasteiger partial charge in [0.05, 0.1) is 12.0 Å². The maximum absolute atomic E-state index is 12.1. The zero-order valence-corrected chi connectivity index (χ0v) is 10.7. The molecular weight excluding hydrogens is 254 g/mol. The van der Waals surface area contributed by atoms with Gasteiger partial charge in [-0.2, -0.15) is 0 Å². The number of rotatable bonds is 2. The number of ether oxygens (including phenoxy) is 1. The second-order valence-corrected chi connectivity index (χ2v) is 4.97. The molecule has 1 aliphatic rings. The van der Waals surface area contributed by atoms with Gasteiger partial charge in [0.2, 0.25) is 0 Å². The van der Waals surface area contributed by atoms with Gasteiger partial charge >= 0.3 is 5.97 Å². The summed E-state index contributed by atoms with van der Waals surface area (Å²) in [5, 5.41) is 1.82. The summed E-state index contributed by atoms with van der Waals surface area (Å²) in [7, 11) is 1.25. The van der Waals surface area contributed by atoms with Crippen molar-refractivity contribution in [3.05, 3.63) is 22.4 Å². The Labute approximate surface area is 108 Å². The van der Waals surface area contributed by atoms with Crippen molar-refractivity contribution in [1.29, 1.82) is 0 Å². The number of carbonyl (C=O) groups is 3. The van der Waals surface area contributed by atoms with Crippen LogP contribution in [0.2, 0.25) is 0 Å². The Kier molecular flexibility index (Phi) is 3.76. The smallest absolute Gasteiger partial charge is 0.318 e. The van der Waals surface area contributed by atoms with Crippen molar-refractivity contribution >= 4 is 29.0 Å². The van der Waals surface area contributed by atoms with E-state index in [9.17, 15) is 14.4 Å². The molecule has 2 rings (SSSR count). The van der Waals surface area contributed by atoms with Crippen molar-refractivity contribution in [3.8, 4) is 0 Å². The second kappa shape index (κ2) is 5.30. The van der Waals surface area contributed by atoms with Gasteiger partial charge in [-0.15, -0.1) is 11.3 Å². The molecule has 0 radical (unpaired) electrons. The van der Waals surface area contributed by atoms with Gasteiger partial charge in [-0.05, 0) is 11.4 Å². The highest BCUT2D eigenvalue weighted by Gasteiger charge is 2.35. The maximum Gasteiger partial charge on any atom is 0.318 e. The number of hydrogen-bond acceptors (Lipinski definition) is 5. The summed E-state index contributed by atoms with van der Waals surface area (Å²) in [6.07, 6.45) is 0.205. The van der Waals surface area contributed by atoms with Gasteiger partial charge in [0, 0.05) is 19.5 Å². The number of amides is 1. The average Bonchev–Trinajstić information content (AvgIpc) is 2.91. The van der Waals surface area contributed by atoms with Gasteiger partial charge in [0.25, 0.3) is 5.91 Å². The summed E-state index contributed by atoms with van der Waals surface area (Å²) in [5.74, 6) is -1.69. The Balaban J connectivity index is 2.10. The summed E-state index contributed by atoms with van der Waals surface area (Å²) in [6, 6.07) is 3.53. The molecule has 0 aliphatic carbocycles. The van der Waals surface area contributed by atoms with E-state index in [4.69, 9.17) is 0 Å². The summed E-state index contributed by atoms with van der Waals surface area (Å²) >= 11 is 1.35. The highest BCUT2D eigenvalue weighted by Crippen LogP contribution is 2.19. The first-order valence-corrected chi connectivity index (χ1v) is 6.44. The minimum atomic E-state index is -0.840. The molecule has 1 aromatic heterocycles. The third kappa shape index (κ3) is 2.43. The largest absolute Gasteiger partial charge is 0.468 e. The van der Waals surface area contributed by atoms with Crippen molar-refractivity contribution < 1.29 is 19.1 Å². The standard InChI is InChI=1S/C12H13NO4S/c1-17-12(16)8-7-13(5-4-9(8)14)11(15)10-3-2-6-18-10/h2-3,6,8H,4-5,7H2,1H3. The van der Waals surface area contributed by atoms with E-state index in [-0.39, 0.29) is 24.7 Å². The zero-order chi connectivity index (χ0) is 13.1. The quantitative estimate of drug-likeness (QED) is 0.591. The molecule has 1 unspecified atom stereocenters. The normalized spacial score (nSPS) is 19.7. The average molecular weight is 267 g/mol. The van der Waals surface area contributed by atoms with Crippen molar-refractivity contribution in [2.75, 3.05) is 20.2 Å². The summed E-state index contributed by atoms with van der Waals surface area (Å²) in [4.78, 5) is 37.3. The van der Waals surface area contributed by atoms with E-state index in [1.165, 1.54) is 23.3 Å². The van der Waals surface area contributed by atoms with Crippen molar-refractivity contribution in [3.63, 3.8) is 0 Å². The maximum atomic E-state index is 12.1. The van der Waals surface area contributed by atoms with E-state index in [1.54, 1.807) is 12.1 Å². The van der Waals surface area contributed by atoms with E-state index < -0.39 is 11.9 Å². The first-order chi connectivity index (χ1) is 8.63. The molecule has 1 aliphatic heterocycles. The van der Waals surface area contributed by atoms with Crippen LogP contribution in [0.1, 0.15) is 16.1 Å². The predicted molar refractivity (Wildman–Crippen MR) is 65.4 cm³/mol. The molecule has 1 aromatic rings. The van der Waals surface area contributed by atoms with Gasteiger partial charge in [-0.25, -0.2) is 0 Å². The molecule has 0 N–H and O–H groups in total. The fourth-order valence-electron chi connectivity index (χ4n) is 1.92. The third-order valence-corrected chi connectivity index (χ3v) is 3.78. The first-order valence-electron chi connectivity index (χ1n) is 5.57. The molecule has 0 bridgehead atoms. The number of methoxy groups -OCH3 is 1. The lowest BCUT2D eigenvalue weighted by Crippen LogP contribution is -2.47. The molecule has 6 heteroatoms. The number of hydrogen-bond donors (Lipinski definition) is 0. The van der Waals surface area contributed by atoms with Crippen LogP contribution in [-0.4, -0.2) is 42.8 Å². The van der Waals surface area contributed by atoms with Crippen molar-refractivity contribution in [1.82, 2.24) is 4.90 Å². The molecule has 1 amide bonds. The van der Waals surface area contributed by atoms with Crippen LogP contribution >= 0.6 is 11.3 Å². The lowest BCUT2D eigenvalue weighted by molar-refractivity contribution is -0.151. The molecule has 0 aromatic carbocycles. The molecule has 1 fully saturated rings. The van der Waals surface area contributed by atoms with Gasteiger partial charge in [0.1, 0.15) is 5.92 Å². The van der Waals surface area contributed by atoms with Crippen LogP contribution in [0, 0.1) is 5.92 Å². The number of esters is 1. The number of piperidine rings is 1. The van der Waals surface area contributed by atoms with Crippen LogP contribution in [0.15, 0.2) is 17.5 Å². The Morgan fingerprint density at radius 3 is 2.89 bits per heavy atom. The van der Waals surface area contributed by atoms with Crippen LogP contribution < -0.4 is 0 Å². The van der Waals surface area contributed by atoms with E-state index in [1.807, 2.05) is 5.38 Å². The molecule has 96 valence electrons. The summed E-state index contributed by atoms with van der Waals surface area (Å²) in [6.45, 7) is 0.477. The third-order valence-electron chi connectivity index (χ3n) is 2.92. The molecule has 2 heterocycles. The highest BCUT2D eigenvalue weighted by molar-refractivity contribution is 7.12.